The van der Waals surface area contributed by atoms with E-state index in [-0.39, 0.29) is 87.9 Å². The third-order valence-electron chi connectivity index (χ3n) is 12.6. The van der Waals surface area contributed by atoms with Crippen molar-refractivity contribution in [2.45, 2.75) is 87.6 Å². The lowest BCUT2D eigenvalue weighted by Gasteiger charge is -2.29. The summed E-state index contributed by atoms with van der Waals surface area (Å²) >= 11 is 0. The molecule has 0 bridgehead atoms. The molecule has 2 aromatic heterocycles. The van der Waals surface area contributed by atoms with Crippen LogP contribution in [0.5, 0.6) is 11.5 Å². The number of carbonyl (C=O) groups is 6. The van der Waals surface area contributed by atoms with Crippen LogP contribution in [0.1, 0.15) is 47.9 Å². The number of nitrogens with zero attached hydrogens (tertiary/aromatic N) is 2. The molecule has 1 fully saturated rings. The van der Waals surface area contributed by atoms with Crippen LogP contribution in [0.4, 0.5) is 0 Å². The summed E-state index contributed by atoms with van der Waals surface area (Å²) in [6.07, 6.45) is 3.27. The van der Waals surface area contributed by atoms with Crippen molar-refractivity contribution >= 4 is 69.2 Å². The van der Waals surface area contributed by atoms with Gasteiger partial charge in [0.25, 0.3) is 0 Å². The van der Waals surface area contributed by atoms with E-state index < -0.39 is 71.7 Å². The number of rotatable bonds is 16. The smallest absolute Gasteiger partial charge is 0.243 e. The van der Waals surface area contributed by atoms with Crippen molar-refractivity contribution in [2.75, 3.05) is 13.1 Å². The fraction of sp³-hybridized carbons (Fsp3) is 0.308. The number of hydrogen-bond donors (Lipinski definition) is 14. The molecule has 0 spiro atoms. The number of hydrogen-bond acceptors (Lipinski definition) is 10. The van der Waals surface area contributed by atoms with Gasteiger partial charge in [0.05, 0.1) is 0 Å². The first-order valence-electron chi connectivity index (χ1n) is 24.2. The standard InChI is InChI=1S/C52H62N14O8/c53-51(54)57-21-5-11-39-45(69)64-42(24-30-15-19-34(68)20-16-30)48(72)66-44(26-32-28-60-38-10-4-2-8-36(32)38)50(74)62-40(12-6-22-58-52(55)56)46(70)63-41(23-29-13-17-33(67)18-14-29)47(71)65-43(49(73)61-39)25-31-27-59-37-9-3-1-7-35(31)37/h1-4,7-10,13-20,27-28,39-44,59-60,67-68H,5-6,11-12,21-26H2,(H,61,73)(H,62,74)(H,63,70)(H,64,69)(H,65,71)(H,66,72)(H4,53,54,57)(H4,55,56,58)/t39-,40-,41-,42-,43-,44-/m0/s1. The molecule has 22 nitrogen and oxygen atoms in total. The van der Waals surface area contributed by atoms with Crippen molar-refractivity contribution in [3.8, 4) is 11.5 Å². The average Bonchev–Trinajstić information content (AvgIpc) is 3.99. The number of H-pyrrole nitrogens is 2. The Balaban J connectivity index is 1.32. The van der Waals surface area contributed by atoms with Gasteiger partial charge in [-0.2, -0.15) is 0 Å². The van der Waals surface area contributed by atoms with Gasteiger partial charge in [-0.1, -0.05) is 60.7 Å². The fourth-order valence-electron chi connectivity index (χ4n) is 8.79. The number of fused-ring (bicyclic) bond motifs is 2. The van der Waals surface area contributed by atoms with Gasteiger partial charge in [-0.25, -0.2) is 0 Å². The molecule has 6 aromatic rings. The number of nitrogens with two attached hydrogens (primary N) is 4. The molecule has 1 saturated heterocycles. The van der Waals surface area contributed by atoms with E-state index in [4.69, 9.17) is 22.9 Å². The van der Waals surface area contributed by atoms with Gasteiger partial charge in [-0.3, -0.25) is 38.8 Å². The number of para-hydroxylation sites is 2. The Morgan fingerprint density at radius 3 is 1.08 bits per heavy atom. The first-order chi connectivity index (χ1) is 35.6. The minimum Gasteiger partial charge on any atom is -0.508 e. The van der Waals surface area contributed by atoms with E-state index in [0.29, 0.717) is 22.3 Å². The zero-order chi connectivity index (χ0) is 52.7. The summed E-state index contributed by atoms with van der Waals surface area (Å²) in [5, 5.41) is 38.7. The van der Waals surface area contributed by atoms with Gasteiger partial charge in [-0.05, 0) is 84.3 Å². The predicted molar refractivity (Wildman–Crippen MR) is 279 cm³/mol. The molecule has 4 aromatic carbocycles. The van der Waals surface area contributed by atoms with Gasteiger partial charge in [0.15, 0.2) is 11.9 Å². The monoisotopic (exact) mass is 1010 g/mol. The van der Waals surface area contributed by atoms with Crippen LogP contribution in [0, 0.1) is 0 Å². The molecule has 1 aliphatic heterocycles. The van der Waals surface area contributed by atoms with E-state index in [1.54, 1.807) is 36.7 Å². The first kappa shape index (κ1) is 52.7. The van der Waals surface area contributed by atoms with Crippen molar-refractivity contribution in [1.82, 2.24) is 41.9 Å². The average molecular weight is 1010 g/mol. The Bertz CT molecular complexity index is 2800. The maximum Gasteiger partial charge on any atom is 0.243 e. The minimum atomic E-state index is -1.39. The van der Waals surface area contributed by atoms with Gasteiger partial charge < -0.3 is 75.0 Å². The lowest BCUT2D eigenvalue weighted by atomic mass is 9.99. The van der Waals surface area contributed by atoms with Crippen LogP contribution in [0.2, 0.25) is 0 Å². The largest absolute Gasteiger partial charge is 0.508 e. The summed E-state index contributed by atoms with van der Waals surface area (Å²) < 4.78 is 0. The van der Waals surface area contributed by atoms with Crippen LogP contribution in [0.25, 0.3) is 21.8 Å². The second kappa shape index (κ2) is 24.8. The molecule has 22 heteroatoms. The van der Waals surface area contributed by atoms with Crippen molar-refractivity contribution < 1.29 is 39.0 Å². The van der Waals surface area contributed by atoms with Crippen molar-refractivity contribution in [3.05, 3.63) is 132 Å². The lowest BCUT2D eigenvalue weighted by Crippen LogP contribution is -2.62. The number of aliphatic imine (C=N–C) groups is 2. The minimum absolute atomic E-state index is 0.0364. The Labute approximate surface area is 425 Å². The van der Waals surface area contributed by atoms with Crippen LogP contribution < -0.4 is 54.8 Å². The lowest BCUT2D eigenvalue weighted by molar-refractivity contribution is -0.136. The zero-order valence-corrected chi connectivity index (χ0v) is 40.5. The number of guanidine groups is 2. The Hall–Kier alpha value is -9.08. The van der Waals surface area contributed by atoms with Gasteiger partial charge in [0.1, 0.15) is 47.8 Å². The Morgan fingerprint density at radius 2 is 0.730 bits per heavy atom. The molecule has 74 heavy (non-hydrogen) atoms. The molecule has 1 aliphatic rings. The summed E-state index contributed by atoms with van der Waals surface area (Å²) in [6.45, 7) is 0.154. The van der Waals surface area contributed by atoms with E-state index >= 15 is 0 Å². The van der Waals surface area contributed by atoms with E-state index in [9.17, 15) is 39.0 Å². The molecular weight excluding hydrogens is 949 g/mol. The molecule has 0 radical (unpaired) electrons. The quantitative estimate of drug-likeness (QED) is 0.0355. The third kappa shape index (κ3) is 14.5. The number of carbonyl (C=O) groups excluding carboxylic acids is 6. The molecule has 3 heterocycles. The number of aromatic amines is 2. The molecule has 7 rings (SSSR count). The van der Waals surface area contributed by atoms with Crippen molar-refractivity contribution in [2.24, 2.45) is 32.9 Å². The fourth-order valence-corrected chi connectivity index (χ4v) is 8.79. The zero-order valence-electron chi connectivity index (χ0n) is 40.5. The van der Waals surface area contributed by atoms with Gasteiger partial charge in [0, 0.05) is 73.0 Å². The maximum atomic E-state index is 14.8. The van der Waals surface area contributed by atoms with E-state index in [1.165, 1.54) is 24.3 Å². The van der Waals surface area contributed by atoms with Crippen LogP contribution in [0.15, 0.2) is 119 Å². The number of phenolic OH excluding ortho intramolecular Hbond substituents is 2. The third-order valence-corrected chi connectivity index (χ3v) is 12.6. The number of phenols is 2. The SMILES string of the molecule is NC(N)=NCCC[C@@H]1NC(=O)[C@H](Cc2c[nH]c3ccccc23)NC(=O)[C@H](Cc2ccc(O)cc2)NC(=O)[C@H](CCCN=C(N)N)NC(=O)[C@H](Cc2c[nH]c3ccccc23)NC(=O)[C@H](Cc2ccc(O)cc2)NC1=O. The van der Waals surface area contributed by atoms with E-state index in [1.807, 2.05) is 48.5 Å². The number of aromatic nitrogens is 2. The molecule has 0 saturated carbocycles. The topological polar surface area (TPSA) is 375 Å². The molecular formula is C52H62N14O8. The molecule has 6 atom stereocenters. The van der Waals surface area contributed by atoms with Gasteiger partial charge in [-0.15, -0.1) is 0 Å². The summed E-state index contributed by atoms with van der Waals surface area (Å²) in [6, 6.07) is 18.5. The Kier molecular flexibility index (Phi) is 17.7. The van der Waals surface area contributed by atoms with E-state index in [2.05, 4.69) is 51.9 Å². The second-order valence-electron chi connectivity index (χ2n) is 18.1. The number of nitrogens with one attached hydrogen (secondary N) is 8. The normalized spacial score (nSPS) is 20.2. The number of benzene rings is 4. The van der Waals surface area contributed by atoms with Crippen LogP contribution in [-0.2, 0) is 54.5 Å². The highest BCUT2D eigenvalue weighted by Gasteiger charge is 2.36. The highest BCUT2D eigenvalue weighted by molar-refractivity contribution is 5.99. The summed E-state index contributed by atoms with van der Waals surface area (Å²) in [4.78, 5) is 103. The van der Waals surface area contributed by atoms with Crippen molar-refractivity contribution in [3.63, 3.8) is 0 Å². The molecule has 18 N–H and O–H groups in total. The summed E-state index contributed by atoms with van der Waals surface area (Å²) in [5.41, 5.74) is 26.3. The maximum absolute atomic E-state index is 14.8. The molecule has 388 valence electrons. The van der Waals surface area contributed by atoms with Crippen molar-refractivity contribution in [1.29, 1.82) is 0 Å². The highest BCUT2D eigenvalue weighted by Crippen LogP contribution is 2.22. The molecule has 0 aliphatic carbocycles. The summed E-state index contributed by atoms with van der Waals surface area (Å²) in [5.74, 6) is -5.13. The van der Waals surface area contributed by atoms with Gasteiger partial charge >= 0.3 is 0 Å². The number of amides is 6. The molecule has 6 amide bonds. The van der Waals surface area contributed by atoms with Gasteiger partial charge in [0.2, 0.25) is 35.4 Å². The number of aromatic hydroxyl groups is 2. The second-order valence-corrected chi connectivity index (χ2v) is 18.1. The highest BCUT2D eigenvalue weighted by atomic mass is 16.3. The first-order valence-corrected chi connectivity index (χ1v) is 24.2. The van der Waals surface area contributed by atoms with Crippen LogP contribution in [0.3, 0.4) is 0 Å². The summed E-state index contributed by atoms with van der Waals surface area (Å²) in [7, 11) is 0. The van der Waals surface area contributed by atoms with Crippen LogP contribution >= 0.6 is 0 Å². The van der Waals surface area contributed by atoms with E-state index in [0.717, 1.165) is 21.8 Å². The van der Waals surface area contributed by atoms with Crippen LogP contribution in [-0.4, -0.2) is 117 Å². The predicted octanol–water partition coefficient (Wildman–Crippen LogP) is 0.361. The Morgan fingerprint density at radius 1 is 0.419 bits per heavy atom. The molecule has 0 unspecified atom stereocenters.